The Morgan fingerprint density at radius 1 is 1.19 bits per heavy atom. The zero-order valence-corrected chi connectivity index (χ0v) is 12.3. The van der Waals surface area contributed by atoms with Crippen LogP contribution >= 0.6 is 0 Å². The first kappa shape index (κ1) is 15.4. The van der Waals surface area contributed by atoms with Gasteiger partial charge in [0, 0.05) is 38.3 Å². The van der Waals surface area contributed by atoms with Gasteiger partial charge in [-0.1, -0.05) is 24.3 Å². The van der Waals surface area contributed by atoms with Crippen molar-refractivity contribution in [2.75, 3.05) is 33.4 Å². The van der Waals surface area contributed by atoms with Gasteiger partial charge in [-0.15, -0.1) is 0 Å². The minimum atomic E-state index is 0.0155. The maximum Gasteiger partial charge on any atom is 0.224 e. The van der Waals surface area contributed by atoms with E-state index < -0.39 is 0 Å². The van der Waals surface area contributed by atoms with Crippen molar-refractivity contribution in [1.29, 1.82) is 0 Å². The van der Waals surface area contributed by atoms with E-state index in [9.17, 15) is 4.79 Å². The molecule has 1 heterocycles. The number of aromatic nitrogens is 1. The van der Waals surface area contributed by atoms with Gasteiger partial charge in [0.15, 0.2) is 0 Å². The standard InChI is InChI=1S/C16H21N3O2/c1-21-11-10-17-8-9-18-15(20)12-14-5-2-4-13-6-3-7-19-16(13)14/h2-7,17H,8-12H2,1H3,(H,18,20). The molecule has 0 spiro atoms. The van der Waals surface area contributed by atoms with Crippen LogP contribution < -0.4 is 10.6 Å². The predicted molar refractivity (Wildman–Crippen MR) is 83.2 cm³/mol. The summed E-state index contributed by atoms with van der Waals surface area (Å²) < 4.78 is 4.93. The van der Waals surface area contributed by atoms with Crippen LogP contribution in [0.25, 0.3) is 10.9 Å². The fourth-order valence-electron chi connectivity index (χ4n) is 2.14. The van der Waals surface area contributed by atoms with E-state index in [0.717, 1.165) is 29.6 Å². The maximum atomic E-state index is 12.0. The highest BCUT2D eigenvalue weighted by Crippen LogP contribution is 2.16. The summed E-state index contributed by atoms with van der Waals surface area (Å²) in [5.41, 5.74) is 1.85. The molecule has 2 rings (SSSR count). The second kappa shape index (κ2) is 8.34. The number of carbonyl (C=O) groups excluding carboxylic acids is 1. The van der Waals surface area contributed by atoms with Crippen LogP contribution in [0.1, 0.15) is 5.56 Å². The second-order valence-corrected chi connectivity index (χ2v) is 4.76. The number of nitrogens with one attached hydrogen (secondary N) is 2. The van der Waals surface area contributed by atoms with Gasteiger partial charge >= 0.3 is 0 Å². The molecule has 1 amide bonds. The van der Waals surface area contributed by atoms with Crippen molar-refractivity contribution < 1.29 is 9.53 Å². The number of fused-ring (bicyclic) bond motifs is 1. The number of para-hydroxylation sites is 1. The Bertz CT molecular complexity index is 581. The minimum Gasteiger partial charge on any atom is -0.383 e. The van der Waals surface area contributed by atoms with Gasteiger partial charge in [-0.05, 0) is 11.6 Å². The van der Waals surface area contributed by atoms with E-state index in [0.29, 0.717) is 19.6 Å². The summed E-state index contributed by atoms with van der Waals surface area (Å²) in [5, 5.41) is 7.15. The van der Waals surface area contributed by atoms with Crippen molar-refractivity contribution in [3.05, 3.63) is 42.1 Å². The van der Waals surface area contributed by atoms with Gasteiger partial charge in [-0.2, -0.15) is 0 Å². The molecule has 1 aromatic carbocycles. The largest absolute Gasteiger partial charge is 0.383 e. The molecule has 112 valence electrons. The summed E-state index contributed by atoms with van der Waals surface area (Å²) in [5.74, 6) is 0.0155. The normalized spacial score (nSPS) is 10.7. The van der Waals surface area contributed by atoms with Crippen LogP contribution in [0.15, 0.2) is 36.5 Å². The summed E-state index contributed by atoms with van der Waals surface area (Å²) in [6, 6.07) is 9.81. The average molecular weight is 287 g/mol. The molecular weight excluding hydrogens is 266 g/mol. The van der Waals surface area contributed by atoms with E-state index in [1.165, 1.54) is 0 Å². The zero-order valence-electron chi connectivity index (χ0n) is 12.3. The molecule has 0 radical (unpaired) electrons. The topological polar surface area (TPSA) is 63.2 Å². The van der Waals surface area contributed by atoms with Gasteiger partial charge in [0.2, 0.25) is 5.91 Å². The van der Waals surface area contributed by atoms with Crippen molar-refractivity contribution in [1.82, 2.24) is 15.6 Å². The average Bonchev–Trinajstić information content (AvgIpc) is 2.51. The molecule has 2 N–H and O–H groups in total. The van der Waals surface area contributed by atoms with Crippen LogP contribution in [-0.2, 0) is 16.0 Å². The number of pyridine rings is 1. The molecule has 1 aromatic heterocycles. The molecular formula is C16H21N3O2. The Balaban J connectivity index is 1.82. The van der Waals surface area contributed by atoms with Crippen LogP contribution in [0.5, 0.6) is 0 Å². The summed E-state index contributed by atoms with van der Waals surface area (Å²) in [6.45, 7) is 2.82. The number of hydrogen-bond acceptors (Lipinski definition) is 4. The van der Waals surface area contributed by atoms with Gasteiger partial charge in [0.1, 0.15) is 0 Å². The molecule has 0 fully saturated rings. The number of rotatable bonds is 8. The number of amides is 1. The quantitative estimate of drug-likeness (QED) is 0.714. The summed E-state index contributed by atoms with van der Waals surface area (Å²) in [6.07, 6.45) is 2.11. The molecule has 0 atom stereocenters. The van der Waals surface area contributed by atoms with Crippen LogP contribution in [0.2, 0.25) is 0 Å². The lowest BCUT2D eigenvalue weighted by atomic mass is 10.1. The Kier molecular flexibility index (Phi) is 6.12. The van der Waals surface area contributed by atoms with Crippen molar-refractivity contribution in [2.24, 2.45) is 0 Å². The van der Waals surface area contributed by atoms with Crippen molar-refractivity contribution >= 4 is 16.8 Å². The summed E-state index contributed by atoms with van der Waals surface area (Å²) >= 11 is 0. The molecule has 0 saturated carbocycles. The highest BCUT2D eigenvalue weighted by Gasteiger charge is 2.07. The number of carbonyl (C=O) groups is 1. The van der Waals surface area contributed by atoms with Crippen LogP contribution in [0.4, 0.5) is 0 Å². The molecule has 5 nitrogen and oxygen atoms in total. The third-order valence-corrected chi connectivity index (χ3v) is 3.17. The van der Waals surface area contributed by atoms with Gasteiger partial charge < -0.3 is 15.4 Å². The lowest BCUT2D eigenvalue weighted by molar-refractivity contribution is -0.120. The number of ether oxygens (including phenoxy) is 1. The van der Waals surface area contributed by atoms with Gasteiger partial charge in [-0.25, -0.2) is 0 Å². The Morgan fingerprint density at radius 2 is 2.05 bits per heavy atom. The predicted octanol–water partition coefficient (Wildman–Crippen LogP) is 1.13. The number of benzene rings is 1. The molecule has 0 aliphatic carbocycles. The molecule has 0 saturated heterocycles. The number of nitrogens with zero attached hydrogens (tertiary/aromatic N) is 1. The molecule has 0 aliphatic rings. The van der Waals surface area contributed by atoms with Crippen LogP contribution in [0, 0.1) is 0 Å². The summed E-state index contributed by atoms with van der Waals surface area (Å²) in [7, 11) is 1.67. The first-order valence-corrected chi connectivity index (χ1v) is 7.10. The minimum absolute atomic E-state index is 0.0155. The zero-order chi connectivity index (χ0) is 14.9. The van der Waals surface area contributed by atoms with E-state index in [1.807, 2.05) is 30.3 Å². The van der Waals surface area contributed by atoms with E-state index in [1.54, 1.807) is 13.3 Å². The summed E-state index contributed by atoms with van der Waals surface area (Å²) in [4.78, 5) is 16.3. The van der Waals surface area contributed by atoms with Crippen LogP contribution in [-0.4, -0.2) is 44.2 Å². The van der Waals surface area contributed by atoms with E-state index in [-0.39, 0.29) is 5.91 Å². The van der Waals surface area contributed by atoms with Gasteiger partial charge in [0.05, 0.1) is 18.5 Å². The molecule has 0 bridgehead atoms. The highest BCUT2D eigenvalue weighted by molar-refractivity contribution is 5.87. The third-order valence-electron chi connectivity index (χ3n) is 3.17. The molecule has 5 heteroatoms. The van der Waals surface area contributed by atoms with E-state index in [2.05, 4.69) is 15.6 Å². The Labute approximate surface area is 124 Å². The lowest BCUT2D eigenvalue weighted by Crippen LogP contribution is -2.33. The second-order valence-electron chi connectivity index (χ2n) is 4.76. The number of methoxy groups -OCH3 is 1. The molecule has 0 aliphatic heterocycles. The molecule has 0 unspecified atom stereocenters. The van der Waals surface area contributed by atoms with Gasteiger partial charge in [-0.3, -0.25) is 9.78 Å². The number of hydrogen-bond donors (Lipinski definition) is 2. The lowest BCUT2D eigenvalue weighted by Gasteiger charge is -2.08. The van der Waals surface area contributed by atoms with Crippen molar-refractivity contribution in [3.8, 4) is 0 Å². The Hall–Kier alpha value is -1.98. The smallest absolute Gasteiger partial charge is 0.224 e. The van der Waals surface area contributed by atoms with Crippen molar-refractivity contribution in [2.45, 2.75) is 6.42 Å². The van der Waals surface area contributed by atoms with Crippen LogP contribution in [0.3, 0.4) is 0 Å². The van der Waals surface area contributed by atoms with Gasteiger partial charge in [0.25, 0.3) is 0 Å². The molecule has 21 heavy (non-hydrogen) atoms. The first-order chi connectivity index (χ1) is 10.3. The fraction of sp³-hybridized carbons (Fsp3) is 0.375. The fourth-order valence-corrected chi connectivity index (χ4v) is 2.14. The highest BCUT2D eigenvalue weighted by atomic mass is 16.5. The molecule has 2 aromatic rings. The third kappa shape index (κ3) is 4.81. The van der Waals surface area contributed by atoms with Crippen molar-refractivity contribution in [3.63, 3.8) is 0 Å². The first-order valence-electron chi connectivity index (χ1n) is 7.10. The Morgan fingerprint density at radius 3 is 2.90 bits per heavy atom. The van der Waals surface area contributed by atoms with E-state index >= 15 is 0 Å². The van der Waals surface area contributed by atoms with E-state index in [4.69, 9.17) is 4.74 Å². The SMILES string of the molecule is COCCNCCNC(=O)Cc1cccc2cccnc12. The maximum absolute atomic E-state index is 12.0. The monoisotopic (exact) mass is 287 g/mol.